The minimum absolute atomic E-state index is 0.395. The average molecular weight is 454 g/mol. The first-order valence-corrected chi connectivity index (χ1v) is 8.40. The third-order valence-electron chi connectivity index (χ3n) is 2.56. The Labute approximate surface area is 146 Å². The lowest BCUT2D eigenvalue weighted by atomic mass is 10.2. The number of carboxylic acids is 1. The van der Waals surface area contributed by atoms with Crippen LogP contribution in [0.2, 0.25) is 5.02 Å². The largest absolute Gasteiger partial charge is 0.480 e. The van der Waals surface area contributed by atoms with Crippen molar-refractivity contribution in [3.05, 3.63) is 48.5 Å². The van der Waals surface area contributed by atoms with Crippen molar-refractivity contribution in [1.29, 1.82) is 0 Å². The second-order valence-electron chi connectivity index (χ2n) is 4.00. The van der Waals surface area contributed by atoms with Crippen LogP contribution in [-0.4, -0.2) is 23.5 Å². The highest BCUT2D eigenvalue weighted by Gasteiger charge is 2.23. The molecule has 1 amide bonds. The summed E-state index contributed by atoms with van der Waals surface area (Å²) in [4.78, 5) is 24.8. The summed E-state index contributed by atoms with van der Waals surface area (Å²) in [5.74, 6) is -1.49. The molecule has 0 aliphatic rings. The summed E-state index contributed by atoms with van der Waals surface area (Å²) < 4.78 is 1.42. The molecule has 0 atom stereocenters. The Morgan fingerprint density at radius 1 is 1.24 bits per heavy atom. The van der Waals surface area contributed by atoms with Crippen molar-refractivity contribution in [3.63, 3.8) is 0 Å². The molecule has 8 heteroatoms. The Morgan fingerprint density at radius 3 is 2.33 bits per heavy atom. The molecular weight excluding hydrogens is 445 g/mol. The number of hydrogen-bond donors (Lipinski definition) is 1. The smallest absolute Gasteiger partial charge is 0.323 e. The summed E-state index contributed by atoms with van der Waals surface area (Å²) in [6, 6.07) is 8.09. The minimum atomic E-state index is -1.09. The molecule has 0 saturated heterocycles. The zero-order chi connectivity index (χ0) is 15.6. The van der Waals surface area contributed by atoms with Gasteiger partial charge in [0.15, 0.2) is 0 Å². The van der Waals surface area contributed by atoms with Gasteiger partial charge in [-0.1, -0.05) is 11.6 Å². The predicted octanol–water partition coefficient (Wildman–Crippen LogP) is 4.66. The maximum absolute atomic E-state index is 12.6. The van der Waals surface area contributed by atoms with Crippen molar-refractivity contribution in [2.75, 3.05) is 11.4 Å². The summed E-state index contributed by atoms with van der Waals surface area (Å²) in [5.41, 5.74) is 0.879. The van der Waals surface area contributed by atoms with Crippen molar-refractivity contribution in [2.24, 2.45) is 0 Å². The molecule has 0 radical (unpaired) electrons. The molecule has 0 aliphatic carbocycles. The molecule has 0 unspecified atom stereocenters. The molecule has 2 rings (SSSR count). The number of amides is 1. The normalized spacial score (nSPS) is 10.4. The summed E-state index contributed by atoms with van der Waals surface area (Å²) >= 11 is 13.8. The van der Waals surface area contributed by atoms with Crippen LogP contribution >= 0.6 is 54.8 Å². The van der Waals surface area contributed by atoms with Gasteiger partial charge in [-0.15, -0.1) is 11.3 Å². The molecule has 21 heavy (non-hydrogen) atoms. The number of carbonyl (C=O) groups is 2. The lowest BCUT2D eigenvalue weighted by Crippen LogP contribution is -2.35. The fourth-order valence-electron chi connectivity index (χ4n) is 1.67. The highest BCUT2D eigenvalue weighted by molar-refractivity contribution is 9.12. The number of nitrogens with zero attached hydrogens (tertiary/aromatic N) is 1. The van der Waals surface area contributed by atoms with Gasteiger partial charge in [0, 0.05) is 10.7 Å². The SMILES string of the molecule is O=C(O)CN(C(=O)c1cc(Br)sc1Br)c1ccc(Cl)cc1. The molecule has 0 bridgehead atoms. The van der Waals surface area contributed by atoms with E-state index in [9.17, 15) is 9.59 Å². The summed E-state index contributed by atoms with van der Waals surface area (Å²) in [5, 5.41) is 9.55. The Hall–Kier alpha value is -0.890. The lowest BCUT2D eigenvalue weighted by molar-refractivity contribution is -0.135. The maximum atomic E-state index is 12.6. The number of anilines is 1. The van der Waals surface area contributed by atoms with E-state index in [1.165, 1.54) is 16.2 Å². The fourth-order valence-corrected chi connectivity index (χ4v) is 4.57. The van der Waals surface area contributed by atoms with E-state index in [0.717, 1.165) is 3.79 Å². The molecular formula is C13H8Br2ClNO3S. The third kappa shape index (κ3) is 4.06. The molecule has 1 N–H and O–H groups in total. The first-order valence-electron chi connectivity index (χ1n) is 5.62. The number of halogens is 3. The summed E-state index contributed by atoms with van der Waals surface area (Å²) in [7, 11) is 0. The molecule has 0 spiro atoms. The monoisotopic (exact) mass is 451 g/mol. The second kappa shape index (κ2) is 6.91. The number of carbonyl (C=O) groups excluding carboxylic acids is 1. The van der Waals surface area contributed by atoms with Crippen LogP contribution in [0.4, 0.5) is 5.69 Å². The summed E-state index contributed by atoms with van der Waals surface area (Å²) in [6.07, 6.45) is 0. The van der Waals surface area contributed by atoms with E-state index in [1.54, 1.807) is 30.3 Å². The maximum Gasteiger partial charge on any atom is 0.323 e. The van der Waals surface area contributed by atoms with Crippen LogP contribution < -0.4 is 4.90 Å². The van der Waals surface area contributed by atoms with Gasteiger partial charge in [-0.25, -0.2) is 0 Å². The van der Waals surface area contributed by atoms with Crippen LogP contribution in [0, 0.1) is 0 Å². The second-order valence-corrected chi connectivity index (χ2v) is 8.19. The van der Waals surface area contributed by atoms with E-state index >= 15 is 0 Å². The van der Waals surface area contributed by atoms with E-state index in [1.807, 2.05) is 0 Å². The van der Waals surface area contributed by atoms with Gasteiger partial charge in [0.05, 0.1) is 13.1 Å². The van der Waals surface area contributed by atoms with Gasteiger partial charge in [0.1, 0.15) is 6.54 Å². The third-order valence-corrected chi connectivity index (χ3v) is 5.16. The van der Waals surface area contributed by atoms with E-state index < -0.39 is 18.4 Å². The quantitative estimate of drug-likeness (QED) is 0.733. The average Bonchev–Trinajstić information content (AvgIpc) is 2.75. The Morgan fingerprint density at radius 2 is 1.86 bits per heavy atom. The molecule has 110 valence electrons. The van der Waals surface area contributed by atoms with Gasteiger partial charge in [-0.2, -0.15) is 0 Å². The van der Waals surface area contributed by atoms with E-state index in [0.29, 0.717) is 20.1 Å². The molecule has 4 nitrogen and oxygen atoms in total. The van der Waals surface area contributed by atoms with Crippen LogP contribution in [0.1, 0.15) is 10.4 Å². The van der Waals surface area contributed by atoms with Crippen LogP contribution in [0.3, 0.4) is 0 Å². The van der Waals surface area contributed by atoms with Crippen LogP contribution in [0.15, 0.2) is 37.9 Å². The van der Waals surface area contributed by atoms with Gasteiger partial charge >= 0.3 is 5.97 Å². The van der Waals surface area contributed by atoms with Crippen molar-refractivity contribution >= 4 is 72.4 Å². The molecule has 1 heterocycles. The van der Waals surface area contributed by atoms with Crippen LogP contribution in [0.5, 0.6) is 0 Å². The first-order chi connectivity index (χ1) is 9.88. The molecule has 2 aromatic rings. The topological polar surface area (TPSA) is 57.6 Å². The van der Waals surface area contributed by atoms with Gasteiger partial charge in [0.25, 0.3) is 5.91 Å². The Bertz CT molecular complexity index is 687. The molecule has 0 fully saturated rings. The van der Waals surface area contributed by atoms with Gasteiger partial charge in [-0.05, 0) is 62.2 Å². The van der Waals surface area contributed by atoms with Crippen molar-refractivity contribution in [3.8, 4) is 0 Å². The van der Waals surface area contributed by atoms with E-state index in [4.69, 9.17) is 16.7 Å². The van der Waals surface area contributed by atoms with E-state index in [-0.39, 0.29) is 0 Å². The number of aliphatic carboxylic acids is 1. The fraction of sp³-hybridized carbons (Fsp3) is 0.0769. The molecule has 1 aromatic carbocycles. The van der Waals surface area contributed by atoms with Crippen LogP contribution in [-0.2, 0) is 4.79 Å². The molecule has 0 saturated carbocycles. The van der Waals surface area contributed by atoms with Crippen molar-refractivity contribution in [1.82, 2.24) is 0 Å². The number of carboxylic acid groups (broad SMARTS) is 1. The summed E-state index contributed by atoms with van der Waals surface area (Å²) in [6.45, 7) is -0.430. The predicted molar refractivity (Wildman–Crippen MR) is 90.5 cm³/mol. The Balaban J connectivity index is 2.40. The Kier molecular flexibility index (Phi) is 5.43. The van der Waals surface area contributed by atoms with Gasteiger partial charge in [-0.3, -0.25) is 14.5 Å². The number of hydrogen-bond acceptors (Lipinski definition) is 3. The highest BCUT2D eigenvalue weighted by Crippen LogP contribution is 2.33. The molecule has 0 aliphatic heterocycles. The number of thiophene rings is 1. The van der Waals surface area contributed by atoms with Gasteiger partial charge in [0.2, 0.25) is 0 Å². The zero-order valence-corrected chi connectivity index (χ0v) is 15.1. The van der Waals surface area contributed by atoms with Crippen LogP contribution in [0.25, 0.3) is 0 Å². The highest BCUT2D eigenvalue weighted by atomic mass is 79.9. The standard InChI is InChI=1S/C13H8Br2ClNO3S/c14-10-5-9(12(15)21-10)13(20)17(6-11(18)19)8-3-1-7(16)2-4-8/h1-5H,6H2,(H,18,19). The zero-order valence-electron chi connectivity index (χ0n) is 10.3. The van der Waals surface area contributed by atoms with Gasteiger partial charge < -0.3 is 5.11 Å². The minimum Gasteiger partial charge on any atom is -0.480 e. The first kappa shape index (κ1) is 16.5. The molecule has 1 aromatic heterocycles. The lowest BCUT2D eigenvalue weighted by Gasteiger charge is -2.20. The van der Waals surface area contributed by atoms with Crippen molar-refractivity contribution in [2.45, 2.75) is 0 Å². The number of benzene rings is 1. The number of rotatable bonds is 4. The van der Waals surface area contributed by atoms with Crippen molar-refractivity contribution < 1.29 is 14.7 Å². The van der Waals surface area contributed by atoms with E-state index in [2.05, 4.69) is 31.9 Å².